The first kappa shape index (κ1) is 14.3. The van der Waals surface area contributed by atoms with E-state index in [1.165, 1.54) is 0 Å². The minimum atomic E-state index is -0.162. The molecule has 20 heavy (non-hydrogen) atoms. The van der Waals surface area contributed by atoms with E-state index in [0.29, 0.717) is 12.2 Å². The molecule has 1 heterocycles. The summed E-state index contributed by atoms with van der Waals surface area (Å²) < 4.78 is 5.16. The summed E-state index contributed by atoms with van der Waals surface area (Å²) in [5, 5.41) is 6.86. The van der Waals surface area contributed by atoms with E-state index in [-0.39, 0.29) is 11.9 Å². The number of benzene rings is 1. The molecule has 0 aliphatic heterocycles. The quantitative estimate of drug-likeness (QED) is 0.868. The third-order valence-corrected chi connectivity index (χ3v) is 3.19. The molecule has 1 unspecified atom stereocenters. The zero-order valence-corrected chi connectivity index (χ0v) is 11.9. The van der Waals surface area contributed by atoms with E-state index < -0.39 is 0 Å². The Balaban J connectivity index is 2.17. The molecule has 0 spiro atoms. The van der Waals surface area contributed by atoms with Crippen LogP contribution in [0.4, 0.5) is 0 Å². The molecule has 106 valence electrons. The maximum atomic E-state index is 12.0. The predicted molar refractivity (Wildman–Crippen MR) is 79.1 cm³/mol. The first-order valence-corrected chi connectivity index (χ1v) is 6.54. The largest absolute Gasteiger partial charge is 0.497 e. The SMILES string of the molecule is CNC(C)CNC(=O)c1ccc2cc(OC)ccc2n1. The number of carbonyl (C=O) groups is 1. The molecule has 0 radical (unpaired) electrons. The first-order valence-electron chi connectivity index (χ1n) is 6.54. The van der Waals surface area contributed by atoms with Gasteiger partial charge in [0.1, 0.15) is 11.4 Å². The number of amides is 1. The van der Waals surface area contributed by atoms with Crippen LogP contribution in [0.2, 0.25) is 0 Å². The minimum absolute atomic E-state index is 0.162. The van der Waals surface area contributed by atoms with Gasteiger partial charge in [-0.1, -0.05) is 6.07 Å². The molecule has 0 bridgehead atoms. The van der Waals surface area contributed by atoms with E-state index in [0.717, 1.165) is 16.7 Å². The van der Waals surface area contributed by atoms with Crippen molar-refractivity contribution < 1.29 is 9.53 Å². The lowest BCUT2D eigenvalue weighted by molar-refractivity contribution is 0.0946. The smallest absolute Gasteiger partial charge is 0.269 e. The summed E-state index contributed by atoms with van der Waals surface area (Å²) in [6.45, 7) is 2.57. The molecule has 0 fully saturated rings. The lowest BCUT2D eigenvalue weighted by Crippen LogP contribution is -2.37. The number of carbonyl (C=O) groups excluding carboxylic acids is 1. The van der Waals surface area contributed by atoms with Crippen molar-refractivity contribution >= 4 is 16.8 Å². The van der Waals surface area contributed by atoms with Gasteiger partial charge in [-0.3, -0.25) is 4.79 Å². The fourth-order valence-corrected chi connectivity index (χ4v) is 1.80. The van der Waals surface area contributed by atoms with Gasteiger partial charge in [0.25, 0.3) is 5.91 Å². The number of nitrogens with one attached hydrogen (secondary N) is 2. The van der Waals surface area contributed by atoms with Crippen LogP contribution in [0, 0.1) is 0 Å². The van der Waals surface area contributed by atoms with Crippen molar-refractivity contribution in [3.05, 3.63) is 36.0 Å². The second-order valence-corrected chi connectivity index (χ2v) is 4.65. The summed E-state index contributed by atoms with van der Waals surface area (Å²) in [7, 11) is 3.48. The average molecular weight is 273 g/mol. The van der Waals surface area contributed by atoms with Gasteiger partial charge in [-0.05, 0) is 38.2 Å². The highest BCUT2D eigenvalue weighted by atomic mass is 16.5. The number of aromatic nitrogens is 1. The number of rotatable bonds is 5. The highest BCUT2D eigenvalue weighted by molar-refractivity contribution is 5.95. The molecule has 1 aromatic carbocycles. The number of methoxy groups -OCH3 is 1. The van der Waals surface area contributed by atoms with Crippen LogP contribution in [-0.4, -0.2) is 37.6 Å². The van der Waals surface area contributed by atoms with Gasteiger partial charge in [-0.2, -0.15) is 0 Å². The number of hydrogen-bond acceptors (Lipinski definition) is 4. The monoisotopic (exact) mass is 273 g/mol. The van der Waals surface area contributed by atoms with Crippen molar-refractivity contribution in [1.29, 1.82) is 0 Å². The van der Waals surface area contributed by atoms with Crippen LogP contribution >= 0.6 is 0 Å². The average Bonchev–Trinajstić information content (AvgIpc) is 2.50. The van der Waals surface area contributed by atoms with E-state index in [2.05, 4.69) is 15.6 Å². The Morgan fingerprint density at radius 1 is 1.35 bits per heavy atom. The number of ether oxygens (including phenoxy) is 1. The number of pyridine rings is 1. The highest BCUT2D eigenvalue weighted by Crippen LogP contribution is 2.19. The molecular weight excluding hydrogens is 254 g/mol. The van der Waals surface area contributed by atoms with Crippen LogP contribution in [0.3, 0.4) is 0 Å². The summed E-state index contributed by atoms with van der Waals surface area (Å²) in [5.74, 6) is 0.615. The lowest BCUT2D eigenvalue weighted by atomic mass is 10.2. The van der Waals surface area contributed by atoms with Crippen molar-refractivity contribution in [2.75, 3.05) is 20.7 Å². The van der Waals surface area contributed by atoms with Gasteiger partial charge < -0.3 is 15.4 Å². The first-order chi connectivity index (χ1) is 9.63. The van der Waals surface area contributed by atoms with Gasteiger partial charge in [0.05, 0.1) is 12.6 Å². The second kappa shape index (κ2) is 6.34. The number of likely N-dealkylation sites (N-methyl/N-ethyl adjacent to an activating group) is 1. The number of nitrogens with zero attached hydrogens (tertiary/aromatic N) is 1. The van der Waals surface area contributed by atoms with Crippen molar-refractivity contribution in [3.63, 3.8) is 0 Å². The third kappa shape index (κ3) is 3.24. The molecule has 1 aromatic heterocycles. The predicted octanol–water partition coefficient (Wildman–Crippen LogP) is 1.58. The Kier molecular flexibility index (Phi) is 4.53. The van der Waals surface area contributed by atoms with E-state index in [1.54, 1.807) is 13.2 Å². The van der Waals surface area contributed by atoms with Gasteiger partial charge in [0.2, 0.25) is 0 Å². The van der Waals surface area contributed by atoms with E-state index >= 15 is 0 Å². The molecule has 5 nitrogen and oxygen atoms in total. The topological polar surface area (TPSA) is 63.2 Å². The summed E-state index contributed by atoms with van der Waals surface area (Å²) in [6.07, 6.45) is 0. The normalized spacial score (nSPS) is 12.2. The standard InChI is InChI=1S/C15H19N3O2/c1-10(16-2)9-17-15(19)14-6-4-11-8-12(20-3)5-7-13(11)18-14/h4-8,10,16H,9H2,1-3H3,(H,17,19). The van der Waals surface area contributed by atoms with Crippen molar-refractivity contribution in [3.8, 4) is 5.75 Å². The van der Waals surface area contributed by atoms with Crippen LogP contribution < -0.4 is 15.4 Å². The molecule has 0 aliphatic carbocycles. The van der Waals surface area contributed by atoms with Crippen molar-refractivity contribution in [2.45, 2.75) is 13.0 Å². The van der Waals surface area contributed by atoms with Gasteiger partial charge in [0, 0.05) is 18.0 Å². The molecule has 0 saturated carbocycles. The van der Waals surface area contributed by atoms with Crippen LogP contribution in [0.1, 0.15) is 17.4 Å². The third-order valence-electron chi connectivity index (χ3n) is 3.19. The second-order valence-electron chi connectivity index (χ2n) is 4.65. The number of fused-ring (bicyclic) bond motifs is 1. The molecule has 1 amide bonds. The molecule has 0 saturated heterocycles. The molecule has 2 N–H and O–H groups in total. The Hall–Kier alpha value is -2.14. The van der Waals surface area contributed by atoms with Gasteiger partial charge in [0.15, 0.2) is 0 Å². The van der Waals surface area contributed by atoms with Gasteiger partial charge in [-0.15, -0.1) is 0 Å². The summed E-state index contributed by atoms with van der Waals surface area (Å²) in [6, 6.07) is 9.40. The highest BCUT2D eigenvalue weighted by Gasteiger charge is 2.09. The molecule has 2 aromatic rings. The Morgan fingerprint density at radius 3 is 2.85 bits per heavy atom. The Labute approximate surface area is 118 Å². The molecule has 5 heteroatoms. The summed E-state index contributed by atoms with van der Waals surface area (Å²) in [5.41, 5.74) is 1.20. The summed E-state index contributed by atoms with van der Waals surface area (Å²) in [4.78, 5) is 16.4. The van der Waals surface area contributed by atoms with Gasteiger partial charge >= 0.3 is 0 Å². The fourth-order valence-electron chi connectivity index (χ4n) is 1.80. The van der Waals surface area contributed by atoms with Crippen molar-refractivity contribution in [2.24, 2.45) is 0 Å². The maximum absolute atomic E-state index is 12.0. The minimum Gasteiger partial charge on any atom is -0.497 e. The van der Waals surface area contributed by atoms with Crippen LogP contribution in [0.15, 0.2) is 30.3 Å². The van der Waals surface area contributed by atoms with E-state index in [9.17, 15) is 4.79 Å². The molecular formula is C15H19N3O2. The van der Waals surface area contributed by atoms with E-state index in [1.807, 2.05) is 38.2 Å². The maximum Gasteiger partial charge on any atom is 0.269 e. The van der Waals surface area contributed by atoms with Crippen molar-refractivity contribution in [1.82, 2.24) is 15.6 Å². The molecule has 1 atom stereocenters. The summed E-state index contributed by atoms with van der Waals surface area (Å²) >= 11 is 0. The zero-order valence-electron chi connectivity index (χ0n) is 11.9. The van der Waals surface area contributed by atoms with Crippen LogP contribution in [-0.2, 0) is 0 Å². The van der Waals surface area contributed by atoms with E-state index in [4.69, 9.17) is 4.74 Å². The molecule has 0 aliphatic rings. The Morgan fingerprint density at radius 2 is 2.15 bits per heavy atom. The van der Waals surface area contributed by atoms with Crippen LogP contribution in [0.25, 0.3) is 10.9 Å². The molecule has 2 rings (SSSR count). The van der Waals surface area contributed by atoms with Crippen LogP contribution in [0.5, 0.6) is 5.75 Å². The lowest BCUT2D eigenvalue weighted by Gasteiger charge is -2.11. The Bertz CT molecular complexity index is 613. The zero-order chi connectivity index (χ0) is 14.5. The fraction of sp³-hybridized carbons (Fsp3) is 0.333. The number of hydrogen-bond donors (Lipinski definition) is 2. The van der Waals surface area contributed by atoms with Gasteiger partial charge in [-0.25, -0.2) is 4.98 Å².